The number of aliphatic carboxylic acids is 1. The highest BCUT2D eigenvalue weighted by molar-refractivity contribution is 6.05. The van der Waals surface area contributed by atoms with Gasteiger partial charge in [-0.2, -0.15) is 0 Å². The summed E-state index contributed by atoms with van der Waals surface area (Å²) in [5.41, 5.74) is 3.01. The third-order valence-electron chi connectivity index (χ3n) is 3.88. The molecule has 136 valence electrons. The van der Waals surface area contributed by atoms with Crippen molar-refractivity contribution in [3.63, 3.8) is 0 Å². The van der Waals surface area contributed by atoms with Crippen molar-refractivity contribution in [2.24, 2.45) is 0 Å². The van der Waals surface area contributed by atoms with E-state index in [0.29, 0.717) is 11.3 Å². The van der Waals surface area contributed by atoms with Crippen molar-refractivity contribution in [3.8, 4) is 11.1 Å². The summed E-state index contributed by atoms with van der Waals surface area (Å²) < 4.78 is 1.02. The van der Waals surface area contributed by atoms with Crippen LogP contribution in [0.25, 0.3) is 11.1 Å². The number of hydrogen-bond donors (Lipinski definition) is 2. The number of benzene rings is 1. The monoisotopic (exact) mass is 363 g/mol. The van der Waals surface area contributed by atoms with Crippen LogP contribution in [0.3, 0.4) is 0 Å². The molecule has 27 heavy (non-hydrogen) atoms. The number of anilines is 1. The van der Waals surface area contributed by atoms with Gasteiger partial charge in [-0.25, -0.2) is 0 Å². The molecule has 0 aliphatic carbocycles. The molecule has 0 fully saturated rings. The van der Waals surface area contributed by atoms with Gasteiger partial charge >= 0.3 is 5.97 Å². The van der Waals surface area contributed by atoms with Crippen molar-refractivity contribution in [2.75, 3.05) is 5.32 Å². The molecule has 2 N–H and O–H groups in total. The van der Waals surface area contributed by atoms with Crippen molar-refractivity contribution < 1.29 is 14.7 Å². The number of carboxylic acids is 1. The molecule has 0 saturated heterocycles. The number of aromatic nitrogens is 2. The topological polar surface area (TPSA) is 101 Å². The Balaban J connectivity index is 1.88. The Bertz CT molecular complexity index is 1060. The van der Waals surface area contributed by atoms with Gasteiger partial charge in [0.2, 0.25) is 0 Å². The second-order valence-corrected chi connectivity index (χ2v) is 6.06. The van der Waals surface area contributed by atoms with Crippen LogP contribution < -0.4 is 10.9 Å². The molecule has 0 saturated carbocycles. The normalized spacial score (nSPS) is 10.4. The smallest absolute Gasteiger partial charge is 0.323 e. The third-order valence-corrected chi connectivity index (χ3v) is 3.88. The number of pyridine rings is 2. The van der Waals surface area contributed by atoms with Crippen molar-refractivity contribution in [1.29, 1.82) is 0 Å². The summed E-state index contributed by atoms with van der Waals surface area (Å²) >= 11 is 0. The third kappa shape index (κ3) is 4.46. The van der Waals surface area contributed by atoms with Crippen LogP contribution in [0.1, 0.15) is 15.9 Å². The van der Waals surface area contributed by atoms with E-state index in [1.807, 2.05) is 25.1 Å². The number of nitrogens with zero attached hydrogens (tertiary/aromatic N) is 2. The average Bonchev–Trinajstić information content (AvgIpc) is 2.64. The lowest BCUT2D eigenvalue weighted by molar-refractivity contribution is -0.137. The van der Waals surface area contributed by atoms with Crippen molar-refractivity contribution in [2.45, 2.75) is 13.5 Å². The number of aryl methyl sites for hydroxylation is 1. The van der Waals surface area contributed by atoms with Gasteiger partial charge in [0, 0.05) is 35.8 Å². The lowest BCUT2D eigenvalue weighted by Gasteiger charge is -2.10. The van der Waals surface area contributed by atoms with Crippen LogP contribution in [-0.2, 0) is 11.3 Å². The van der Waals surface area contributed by atoms with Gasteiger partial charge in [-0.05, 0) is 42.3 Å². The molecule has 0 spiro atoms. The van der Waals surface area contributed by atoms with Gasteiger partial charge in [0.15, 0.2) is 0 Å². The summed E-state index contributed by atoms with van der Waals surface area (Å²) in [6.45, 7) is 1.42. The average molecular weight is 363 g/mol. The predicted molar refractivity (Wildman–Crippen MR) is 101 cm³/mol. The minimum absolute atomic E-state index is 0.338. The molecule has 3 aromatic rings. The van der Waals surface area contributed by atoms with Gasteiger partial charge < -0.3 is 15.0 Å². The molecular weight excluding hydrogens is 346 g/mol. The van der Waals surface area contributed by atoms with Gasteiger partial charge in [-0.15, -0.1) is 0 Å². The molecule has 0 unspecified atom stereocenters. The van der Waals surface area contributed by atoms with Gasteiger partial charge in [-0.1, -0.05) is 12.1 Å². The predicted octanol–water partition coefficient (Wildman–Crippen LogP) is 2.56. The molecule has 0 aliphatic heterocycles. The zero-order valence-corrected chi connectivity index (χ0v) is 14.5. The molecule has 3 rings (SSSR count). The summed E-state index contributed by atoms with van der Waals surface area (Å²) in [4.78, 5) is 39.3. The Kier molecular flexibility index (Phi) is 5.12. The van der Waals surface area contributed by atoms with Crippen LogP contribution >= 0.6 is 0 Å². The summed E-state index contributed by atoms with van der Waals surface area (Å²) in [5.74, 6) is -1.50. The highest BCUT2D eigenvalue weighted by Gasteiger charge is 2.11. The second kappa shape index (κ2) is 7.65. The molecule has 0 aliphatic rings. The number of carbonyl (C=O) groups excluding carboxylic acids is 1. The fraction of sp³-hybridized carbons (Fsp3) is 0.100. The maximum Gasteiger partial charge on any atom is 0.323 e. The summed E-state index contributed by atoms with van der Waals surface area (Å²) in [6.07, 6.45) is 4.71. The van der Waals surface area contributed by atoms with E-state index < -0.39 is 18.1 Å². The number of rotatable bonds is 5. The number of carboxylic acid groups (broad SMARTS) is 1. The lowest BCUT2D eigenvalue weighted by Crippen LogP contribution is -2.24. The van der Waals surface area contributed by atoms with E-state index in [1.54, 1.807) is 24.5 Å². The van der Waals surface area contributed by atoms with Crippen LogP contribution in [0.15, 0.2) is 65.8 Å². The van der Waals surface area contributed by atoms with E-state index in [-0.39, 0.29) is 5.91 Å². The van der Waals surface area contributed by atoms with Gasteiger partial charge in [0.05, 0.1) is 5.69 Å². The zero-order valence-electron chi connectivity index (χ0n) is 14.5. The molecular formula is C20H17N3O4. The molecule has 2 heterocycles. The summed E-state index contributed by atoms with van der Waals surface area (Å²) in [5, 5.41) is 11.6. The van der Waals surface area contributed by atoms with Crippen molar-refractivity contribution in [1.82, 2.24) is 9.55 Å². The molecule has 1 aromatic carbocycles. The van der Waals surface area contributed by atoms with E-state index in [0.717, 1.165) is 21.3 Å². The maximum atomic E-state index is 12.6. The van der Waals surface area contributed by atoms with Crippen LogP contribution in [0.5, 0.6) is 0 Å². The molecule has 0 radical (unpaired) electrons. The fourth-order valence-corrected chi connectivity index (χ4v) is 2.69. The van der Waals surface area contributed by atoms with Gasteiger partial charge in [0.25, 0.3) is 11.5 Å². The highest BCUT2D eigenvalue weighted by atomic mass is 16.4. The van der Waals surface area contributed by atoms with Crippen LogP contribution in [-0.4, -0.2) is 26.5 Å². The number of hydrogen-bond acceptors (Lipinski definition) is 4. The van der Waals surface area contributed by atoms with Crippen LogP contribution in [0.4, 0.5) is 5.69 Å². The maximum absolute atomic E-state index is 12.6. The Hall–Kier alpha value is -3.74. The number of nitrogens with one attached hydrogen (secondary N) is 1. The lowest BCUT2D eigenvalue weighted by atomic mass is 10.0. The standard InChI is InChI=1S/C20H17N3O4/c1-13-7-15(14-3-2-6-21-10-14)9-16(8-13)20(27)22-17-4-5-18(24)23(11-17)12-19(25)26/h2-11H,12H2,1H3,(H,22,27)(H,25,26). The zero-order chi connectivity index (χ0) is 19.4. The molecule has 1 amide bonds. The first kappa shape index (κ1) is 18.1. The van der Waals surface area contributed by atoms with Crippen LogP contribution in [0, 0.1) is 6.92 Å². The minimum Gasteiger partial charge on any atom is -0.480 e. The Morgan fingerprint density at radius 1 is 1.15 bits per heavy atom. The minimum atomic E-state index is -1.14. The van der Waals surface area contributed by atoms with E-state index in [1.165, 1.54) is 18.3 Å². The Morgan fingerprint density at radius 3 is 2.67 bits per heavy atom. The Labute approximate surface area is 154 Å². The highest BCUT2D eigenvalue weighted by Crippen LogP contribution is 2.22. The number of amides is 1. The SMILES string of the molecule is Cc1cc(C(=O)Nc2ccc(=O)n(CC(=O)O)c2)cc(-c2cccnc2)c1. The van der Waals surface area contributed by atoms with E-state index >= 15 is 0 Å². The van der Waals surface area contributed by atoms with Gasteiger partial charge in [0.1, 0.15) is 6.54 Å². The molecule has 0 bridgehead atoms. The Morgan fingerprint density at radius 2 is 1.96 bits per heavy atom. The van der Waals surface area contributed by atoms with Crippen molar-refractivity contribution in [3.05, 3.63) is 82.5 Å². The first-order valence-corrected chi connectivity index (χ1v) is 8.18. The molecule has 2 aromatic heterocycles. The fourth-order valence-electron chi connectivity index (χ4n) is 2.69. The second-order valence-electron chi connectivity index (χ2n) is 6.06. The van der Waals surface area contributed by atoms with E-state index in [9.17, 15) is 14.4 Å². The molecule has 7 heteroatoms. The van der Waals surface area contributed by atoms with Gasteiger partial charge in [-0.3, -0.25) is 19.4 Å². The van der Waals surface area contributed by atoms with Crippen molar-refractivity contribution >= 4 is 17.6 Å². The van der Waals surface area contributed by atoms with E-state index in [4.69, 9.17) is 5.11 Å². The number of carbonyl (C=O) groups is 2. The first-order chi connectivity index (χ1) is 12.9. The molecule has 0 atom stereocenters. The van der Waals surface area contributed by atoms with E-state index in [2.05, 4.69) is 10.3 Å². The quantitative estimate of drug-likeness (QED) is 0.725. The summed E-state index contributed by atoms with van der Waals surface area (Å²) in [6, 6.07) is 11.9. The molecule has 7 nitrogen and oxygen atoms in total. The van der Waals surface area contributed by atoms with Crippen LogP contribution in [0.2, 0.25) is 0 Å². The largest absolute Gasteiger partial charge is 0.480 e. The summed E-state index contributed by atoms with van der Waals surface area (Å²) in [7, 11) is 0. The first-order valence-electron chi connectivity index (χ1n) is 8.18.